The predicted molar refractivity (Wildman–Crippen MR) is 91.8 cm³/mol. The molecule has 0 amide bonds. The minimum absolute atomic E-state index is 1.07. The van der Waals surface area contributed by atoms with Crippen molar-refractivity contribution >= 4 is 22.7 Å². The Hall–Kier alpha value is -0.930. The van der Waals surface area contributed by atoms with Crippen LogP contribution in [0.3, 0.4) is 0 Å². The summed E-state index contributed by atoms with van der Waals surface area (Å²) in [6.45, 7) is 7.69. The smallest absolute Gasteiger partial charge is 0.0483 e. The summed E-state index contributed by atoms with van der Waals surface area (Å²) in [5, 5.41) is 4.84. The van der Waals surface area contributed by atoms with Gasteiger partial charge in [-0.1, -0.05) is 32.0 Å². The molecule has 2 aromatic rings. The highest BCUT2D eigenvalue weighted by atomic mass is 32.2. The van der Waals surface area contributed by atoms with Gasteiger partial charge in [-0.05, 0) is 43.3 Å². The van der Waals surface area contributed by atoms with Crippen molar-refractivity contribution in [2.45, 2.75) is 33.2 Å². The summed E-state index contributed by atoms with van der Waals surface area (Å²) in [6, 6.07) is 8.82. The zero-order valence-corrected chi connectivity index (χ0v) is 13.5. The van der Waals surface area contributed by atoms with Crippen molar-refractivity contribution in [2.75, 3.05) is 24.6 Å². The van der Waals surface area contributed by atoms with Crippen LogP contribution in [0.5, 0.6) is 0 Å². The van der Waals surface area contributed by atoms with E-state index in [0.29, 0.717) is 0 Å². The van der Waals surface area contributed by atoms with Crippen LogP contribution in [-0.4, -0.2) is 29.2 Å². The first kappa shape index (κ1) is 15.5. The van der Waals surface area contributed by atoms with E-state index in [4.69, 9.17) is 0 Å². The standard InChI is InChI=1S/C17H26N2S/c1-3-18-11-7-8-15-14-19(12-13-20-4-2)17-10-6-5-9-16(15)17/h5-6,9-10,14,18H,3-4,7-8,11-13H2,1-2H3. The molecule has 1 N–H and O–H groups in total. The zero-order valence-electron chi connectivity index (χ0n) is 12.7. The number of aryl methyl sites for hydroxylation is 2. The fourth-order valence-corrected chi connectivity index (χ4v) is 3.21. The molecule has 0 fully saturated rings. The molecule has 0 spiro atoms. The van der Waals surface area contributed by atoms with Crippen molar-refractivity contribution in [3.63, 3.8) is 0 Å². The Kier molecular flexibility index (Phi) is 6.48. The fraction of sp³-hybridized carbons (Fsp3) is 0.529. The molecule has 0 aliphatic carbocycles. The van der Waals surface area contributed by atoms with Gasteiger partial charge in [0.1, 0.15) is 0 Å². The van der Waals surface area contributed by atoms with E-state index in [-0.39, 0.29) is 0 Å². The van der Waals surface area contributed by atoms with Gasteiger partial charge in [0, 0.05) is 29.4 Å². The van der Waals surface area contributed by atoms with Crippen LogP contribution in [0.2, 0.25) is 0 Å². The highest BCUT2D eigenvalue weighted by Crippen LogP contribution is 2.22. The summed E-state index contributed by atoms with van der Waals surface area (Å²) in [5.74, 6) is 2.40. The van der Waals surface area contributed by atoms with E-state index in [0.717, 1.165) is 19.6 Å². The maximum Gasteiger partial charge on any atom is 0.0483 e. The lowest BCUT2D eigenvalue weighted by atomic mass is 10.1. The van der Waals surface area contributed by atoms with Crippen molar-refractivity contribution in [3.8, 4) is 0 Å². The van der Waals surface area contributed by atoms with Crippen LogP contribution in [0.15, 0.2) is 30.5 Å². The quantitative estimate of drug-likeness (QED) is 0.705. The summed E-state index contributed by atoms with van der Waals surface area (Å²) < 4.78 is 2.43. The lowest BCUT2D eigenvalue weighted by Crippen LogP contribution is -2.14. The maximum atomic E-state index is 3.41. The monoisotopic (exact) mass is 290 g/mol. The van der Waals surface area contributed by atoms with Gasteiger partial charge in [-0.25, -0.2) is 0 Å². The highest BCUT2D eigenvalue weighted by Gasteiger charge is 2.07. The summed E-state index contributed by atoms with van der Waals surface area (Å²) >= 11 is 2.01. The number of rotatable bonds is 9. The van der Waals surface area contributed by atoms with Crippen LogP contribution in [0, 0.1) is 0 Å². The topological polar surface area (TPSA) is 17.0 Å². The van der Waals surface area contributed by atoms with E-state index < -0.39 is 0 Å². The molecule has 0 atom stereocenters. The van der Waals surface area contributed by atoms with Gasteiger partial charge in [-0.15, -0.1) is 0 Å². The van der Waals surface area contributed by atoms with E-state index in [1.54, 1.807) is 0 Å². The second-order valence-electron chi connectivity index (χ2n) is 5.02. The van der Waals surface area contributed by atoms with Gasteiger partial charge >= 0.3 is 0 Å². The Balaban J connectivity index is 2.09. The first-order chi connectivity index (χ1) is 9.86. The molecular weight excluding hydrogens is 264 g/mol. The Morgan fingerprint density at radius 2 is 2.05 bits per heavy atom. The number of thioether (sulfide) groups is 1. The van der Waals surface area contributed by atoms with Crippen LogP contribution >= 0.6 is 11.8 Å². The molecule has 2 rings (SSSR count). The molecule has 0 aliphatic heterocycles. The van der Waals surface area contributed by atoms with Gasteiger partial charge in [0.05, 0.1) is 0 Å². The Bertz CT molecular complexity index is 519. The van der Waals surface area contributed by atoms with Gasteiger partial charge in [0.25, 0.3) is 0 Å². The first-order valence-corrected chi connectivity index (χ1v) is 8.87. The molecule has 1 aromatic heterocycles. The van der Waals surface area contributed by atoms with Crippen LogP contribution < -0.4 is 5.32 Å². The molecule has 0 radical (unpaired) electrons. The van der Waals surface area contributed by atoms with Crippen molar-refractivity contribution in [1.29, 1.82) is 0 Å². The van der Waals surface area contributed by atoms with Crippen molar-refractivity contribution < 1.29 is 0 Å². The number of aromatic nitrogens is 1. The number of hydrogen-bond donors (Lipinski definition) is 1. The van der Waals surface area contributed by atoms with Crippen LogP contribution in [0.25, 0.3) is 10.9 Å². The molecule has 3 heteroatoms. The lowest BCUT2D eigenvalue weighted by Gasteiger charge is -2.03. The molecule has 0 bridgehead atoms. The van der Waals surface area contributed by atoms with E-state index in [9.17, 15) is 0 Å². The molecule has 1 aromatic carbocycles. The Morgan fingerprint density at radius 3 is 2.85 bits per heavy atom. The maximum absolute atomic E-state index is 3.41. The van der Waals surface area contributed by atoms with Crippen LogP contribution in [0.1, 0.15) is 25.8 Å². The third kappa shape index (κ3) is 4.03. The molecule has 0 unspecified atom stereocenters. The molecule has 0 aliphatic rings. The minimum atomic E-state index is 1.07. The van der Waals surface area contributed by atoms with E-state index >= 15 is 0 Å². The van der Waals surface area contributed by atoms with Crippen LogP contribution in [0.4, 0.5) is 0 Å². The number of para-hydroxylation sites is 1. The normalized spacial score (nSPS) is 11.3. The van der Waals surface area contributed by atoms with E-state index in [1.807, 2.05) is 11.8 Å². The first-order valence-electron chi connectivity index (χ1n) is 7.72. The second-order valence-corrected chi connectivity index (χ2v) is 6.41. The van der Waals surface area contributed by atoms with Crippen molar-refractivity contribution in [3.05, 3.63) is 36.0 Å². The number of hydrogen-bond acceptors (Lipinski definition) is 2. The number of nitrogens with one attached hydrogen (secondary N) is 1. The Morgan fingerprint density at radius 1 is 1.20 bits per heavy atom. The average Bonchev–Trinajstić information content (AvgIpc) is 2.83. The molecular formula is C17H26N2S. The molecule has 1 heterocycles. The molecule has 2 nitrogen and oxygen atoms in total. The highest BCUT2D eigenvalue weighted by molar-refractivity contribution is 7.99. The number of fused-ring (bicyclic) bond motifs is 1. The molecule has 0 saturated carbocycles. The SMILES string of the molecule is CCNCCCc1cn(CCSCC)c2ccccc12. The summed E-state index contributed by atoms with van der Waals surface area (Å²) in [6.07, 6.45) is 4.75. The summed E-state index contributed by atoms with van der Waals surface area (Å²) in [7, 11) is 0. The number of nitrogens with zero attached hydrogens (tertiary/aromatic N) is 1. The van der Waals surface area contributed by atoms with E-state index in [1.165, 1.54) is 40.8 Å². The van der Waals surface area contributed by atoms with Crippen molar-refractivity contribution in [2.24, 2.45) is 0 Å². The third-order valence-electron chi connectivity index (χ3n) is 3.60. The van der Waals surface area contributed by atoms with Gasteiger partial charge in [-0.3, -0.25) is 0 Å². The van der Waals surface area contributed by atoms with Crippen molar-refractivity contribution in [1.82, 2.24) is 9.88 Å². The summed E-state index contributed by atoms with van der Waals surface area (Å²) in [4.78, 5) is 0. The molecule has 20 heavy (non-hydrogen) atoms. The van der Waals surface area contributed by atoms with Gasteiger partial charge < -0.3 is 9.88 Å². The van der Waals surface area contributed by atoms with Crippen LogP contribution in [-0.2, 0) is 13.0 Å². The second kappa shape index (κ2) is 8.38. The van der Waals surface area contributed by atoms with Gasteiger partial charge in [0.2, 0.25) is 0 Å². The van der Waals surface area contributed by atoms with Gasteiger partial charge in [0.15, 0.2) is 0 Å². The predicted octanol–water partition coefficient (Wildman–Crippen LogP) is 3.94. The molecule has 110 valence electrons. The lowest BCUT2D eigenvalue weighted by molar-refractivity contribution is 0.672. The summed E-state index contributed by atoms with van der Waals surface area (Å²) in [5.41, 5.74) is 2.89. The fourth-order valence-electron chi connectivity index (χ4n) is 2.59. The number of benzene rings is 1. The zero-order chi connectivity index (χ0) is 14.2. The largest absolute Gasteiger partial charge is 0.346 e. The minimum Gasteiger partial charge on any atom is -0.346 e. The van der Waals surface area contributed by atoms with E-state index in [2.05, 4.69) is 54.2 Å². The van der Waals surface area contributed by atoms with Gasteiger partial charge in [-0.2, -0.15) is 11.8 Å². The third-order valence-corrected chi connectivity index (χ3v) is 4.48. The average molecular weight is 290 g/mol. The Labute approximate surface area is 126 Å². The molecule has 0 saturated heterocycles.